The van der Waals surface area contributed by atoms with Crippen molar-refractivity contribution in [2.24, 2.45) is 5.41 Å². The van der Waals surface area contributed by atoms with Gasteiger partial charge >= 0.3 is 5.97 Å². The van der Waals surface area contributed by atoms with Gasteiger partial charge in [-0.1, -0.05) is 6.92 Å². The third-order valence-corrected chi connectivity index (χ3v) is 5.47. The minimum Gasteiger partial charge on any atom is -0.462 e. The van der Waals surface area contributed by atoms with Gasteiger partial charge in [-0.3, -0.25) is 0 Å². The van der Waals surface area contributed by atoms with Crippen molar-refractivity contribution >= 4 is 28.4 Å². The molecule has 1 aromatic rings. The second-order valence-corrected chi connectivity index (χ2v) is 7.93. The van der Waals surface area contributed by atoms with Crippen LogP contribution in [0.1, 0.15) is 37.0 Å². The molecular weight excluding hydrogens is 352 g/mol. The molecule has 0 spiro atoms. The lowest BCUT2D eigenvalue weighted by Gasteiger charge is -2.34. The minimum atomic E-state index is -3.58. The van der Waals surface area contributed by atoms with Gasteiger partial charge in [-0.15, -0.1) is 12.4 Å². The van der Waals surface area contributed by atoms with Gasteiger partial charge < -0.3 is 10.1 Å². The Balaban J connectivity index is 0.00000288. The van der Waals surface area contributed by atoms with Crippen LogP contribution < -0.4 is 10.0 Å². The van der Waals surface area contributed by atoms with Crippen molar-refractivity contribution in [1.29, 1.82) is 0 Å². The van der Waals surface area contributed by atoms with Crippen LogP contribution in [0, 0.1) is 5.41 Å². The predicted molar refractivity (Wildman–Crippen MR) is 95.0 cm³/mol. The number of benzene rings is 1. The fraction of sp³-hybridized carbons (Fsp3) is 0.562. The van der Waals surface area contributed by atoms with Crippen LogP contribution in [-0.4, -0.2) is 40.6 Å². The average molecular weight is 377 g/mol. The average Bonchev–Trinajstić information content (AvgIpc) is 2.54. The lowest BCUT2D eigenvalue weighted by Crippen LogP contribution is -2.45. The zero-order chi connectivity index (χ0) is 16.9. The lowest BCUT2D eigenvalue weighted by molar-refractivity contribution is 0.0526. The van der Waals surface area contributed by atoms with Crippen molar-refractivity contribution < 1.29 is 17.9 Å². The van der Waals surface area contributed by atoms with Gasteiger partial charge in [0.2, 0.25) is 10.0 Å². The summed E-state index contributed by atoms with van der Waals surface area (Å²) in [4.78, 5) is 11.7. The third-order valence-electron chi connectivity index (χ3n) is 4.05. The number of rotatable bonds is 6. The molecule has 1 aliphatic rings. The zero-order valence-electron chi connectivity index (χ0n) is 14.0. The fourth-order valence-corrected chi connectivity index (χ4v) is 3.81. The molecule has 24 heavy (non-hydrogen) atoms. The molecule has 1 fully saturated rings. The molecule has 0 aromatic heterocycles. The van der Waals surface area contributed by atoms with Gasteiger partial charge in [-0.2, -0.15) is 0 Å². The standard InChI is InChI=1S/C16H24N2O4S.ClH/c1-3-22-15(19)13-5-7-14(8-6-13)23(20,21)18-12-16(2)9-4-10-17-11-16;/h5-8,17-18H,3-4,9-12H2,1-2H3;1H. The van der Waals surface area contributed by atoms with E-state index in [4.69, 9.17) is 4.74 Å². The first kappa shape index (κ1) is 20.9. The molecule has 136 valence electrons. The van der Waals surface area contributed by atoms with Crippen LogP contribution in [0.15, 0.2) is 29.2 Å². The molecule has 0 amide bonds. The Hall–Kier alpha value is -1.15. The van der Waals surface area contributed by atoms with Crippen molar-refractivity contribution in [2.75, 3.05) is 26.2 Å². The summed E-state index contributed by atoms with van der Waals surface area (Å²) in [7, 11) is -3.58. The number of nitrogens with one attached hydrogen (secondary N) is 2. The van der Waals surface area contributed by atoms with Gasteiger partial charge in [-0.25, -0.2) is 17.9 Å². The maximum Gasteiger partial charge on any atom is 0.338 e. The van der Waals surface area contributed by atoms with E-state index >= 15 is 0 Å². The second-order valence-electron chi connectivity index (χ2n) is 6.16. The van der Waals surface area contributed by atoms with Crippen LogP contribution >= 0.6 is 12.4 Å². The maximum absolute atomic E-state index is 12.4. The molecule has 0 radical (unpaired) electrons. The number of halogens is 1. The Labute approximate surface area is 149 Å². The first-order valence-corrected chi connectivity index (χ1v) is 9.32. The number of esters is 1. The van der Waals surface area contributed by atoms with Crippen LogP contribution in [0.25, 0.3) is 0 Å². The van der Waals surface area contributed by atoms with Gasteiger partial charge in [0.25, 0.3) is 0 Å². The molecule has 2 N–H and O–H groups in total. The van der Waals surface area contributed by atoms with E-state index < -0.39 is 16.0 Å². The molecule has 0 saturated carbocycles. The molecule has 1 unspecified atom stereocenters. The van der Waals surface area contributed by atoms with Crippen LogP contribution in [0.5, 0.6) is 0 Å². The first-order valence-electron chi connectivity index (χ1n) is 7.84. The van der Waals surface area contributed by atoms with Gasteiger partial charge in [0.15, 0.2) is 0 Å². The normalized spacial score (nSPS) is 20.9. The summed E-state index contributed by atoms with van der Waals surface area (Å²) in [6.07, 6.45) is 2.04. The van der Waals surface area contributed by atoms with E-state index in [1.54, 1.807) is 6.92 Å². The second kappa shape index (κ2) is 8.80. The zero-order valence-corrected chi connectivity index (χ0v) is 15.6. The molecule has 2 rings (SSSR count). The van der Waals surface area contributed by atoms with Crippen LogP contribution in [0.2, 0.25) is 0 Å². The monoisotopic (exact) mass is 376 g/mol. The number of hydrogen-bond acceptors (Lipinski definition) is 5. The van der Waals surface area contributed by atoms with Gasteiger partial charge in [-0.05, 0) is 56.0 Å². The molecule has 0 bridgehead atoms. The van der Waals surface area contributed by atoms with E-state index in [0.717, 1.165) is 25.9 Å². The summed E-state index contributed by atoms with van der Waals surface area (Å²) in [5.74, 6) is -0.454. The highest BCUT2D eigenvalue weighted by Gasteiger charge is 2.28. The van der Waals surface area contributed by atoms with Crippen LogP contribution in [0.3, 0.4) is 0 Å². The number of carbonyl (C=O) groups excluding carboxylic acids is 1. The van der Waals surface area contributed by atoms with Crippen molar-refractivity contribution in [3.8, 4) is 0 Å². The summed E-state index contributed by atoms with van der Waals surface area (Å²) >= 11 is 0. The van der Waals surface area contributed by atoms with Gasteiger partial charge in [0, 0.05) is 13.1 Å². The number of piperidine rings is 1. The Morgan fingerprint density at radius 1 is 1.33 bits per heavy atom. The van der Waals surface area contributed by atoms with Crippen molar-refractivity contribution in [1.82, 2.24) is 10.0 Å². The quantitative estimate of drug-likeness (QED) is 0.741. The van der Waals surface area contributed by atoms with E-state index in [-0.39, 0.29) is 29.3 Å². The van der Waals surface area contributed by atoms with E-state index in [2.05, 4.69) is 17.0 Å². The van der Waals surface area contributed by atoms with Gasteiger partial charge in [0.05, 0.1) is 17.1 Å². The fourth-order valence-electron chi connectivity index (χ4n) is 2.61. The lowest BCUT2D eigenvalue weighted by atomic mass is 9.83. The number of ether oxygens (including phenoxy) is 1. The van der Waals surface area contributed by atoms with Crippen molar-refractivity contribution in [2.45, 2.75) is 31.6 Å². The highest BCUT2D eigenvalue weighted by Crippen LogP contribution is 2.25. The molecule has 8 heteroatoms. The summed E-state index contributed by atoms with van der Waals surface area (Å²) in [5.41, 5.74) is 0.269. The Morgan fingerprint density at radius 3 is 2.54 bits per heavy atom. The smallest absolute Gasteiger partial charge is 0.338 e. The summed E-state index contributed by atoms with van der Waals surface area (Å²) in [5, 5.41) is 3.30. The Kier molecular flexibility index (Phi) is 7.66. The van der Waals surface area contributed by atoms with E-state index in [9.17, 15) is 13.2 Å². The number of carbonyl (C=O) groups is 1. The SMILES string of the molecule is CCOC(=O)c1ccc(S(=O)(=O)NCC2(C)CCCNC2)cc1.Cl. The molecular formula is C16H25ClN2O4S. The van der Waals surface area contributed by atoms with Crippen molar-refractivity contribution in [3.63, 3.8) is 0 Å². The highest BCUT2D eigenvalue weighted by molar-refractivity contribution is 7.89. The molecule has 0 aliphatic carbocycles. The predicted octanol–water partition coefficient (Wildman–Crippen LogP) is 1.95. The highest BCUT2D eigenvalue weighted by atomic mass is 35.5. The van der Waals surface area contributed by atoms with E-state index in [0.29, 0.717) is 12.1 Å². The van der Waals surface area contributed by atoms with Crippen LogP contribution in [-0.2, 0) is 14.8 Å². The third kappa shape index (κ3) is 5.44. The first-order chi connectivity index (χ1) is 10.9. The van der Waals surface area contributed by atoms with E-state index in [1.807, 2.05) is 0 Å². The number of sulfonamides is 1. The molecule has 1 aliphatic heterocycles. The van der Waals surface area contributed by atoms with Crippen molar-refractivity contribution in [3.05, 3.63) is 29.8 Å². The summed E-state index contributed by atoms with van der Waals surface area (Å²) in [6, 6.07) is 5.79. The minimum absolute atomic E-state index is 0. The maximum atomic E-state index is 12.4. The molecule has 1 atom stereocenters. The van der Waals surface area contributed by atoms with Crippen LogP contribution in [0.4, 0.5) is 0 Å². The molecule has 1 heterocycles. The topological polar surface area (TPSA) is 84.5 Å². The van der Waals surface area contributed by atoms with E-state index in [1.165, 1.54) is 24.3 Å². The Bertz CT molecular complexity index is 641. The summed E-state index contributed by atoms with van der Waals surface area (Å²) in [6.45, 7) is 6.26. The molecule has 1 aromatic carbocycles. The van der Waals surface area contributed by atoms with Gasteiger partial charge in [0.1, 0.15) is 0 Å². The Morgan fingerprint density at radius 2 is 2.00 bits per heavy atom. The largest absolute Gasteiger partial charge is 0.462 e. The summed E-state index contributed by atoms with van der Waals surface area (Å²) < 4.78 is 32.3. The molecule has 1 saturated heterocycles. The molecule has 6 nitrogen and oxygen atoms in total. The number of hydrogen-bond donors (Lipinski definition) is 2.